The molecule has 8 heteroatoms. The van der Waals surface area contributed by atoms with Gasteiger partial charge in [-0.1, -0.05) is 0 Å². The maximum Gasteiger partial charge on any atom is 0.227 e. The van der Waals surface area contributed by atoms with E-state index in [1.54, 1.807) is 11.8 Å². The first kappa shape index (κ1) is 18.2. The molecule has 2 heterocycles. The Morgan fingerprint density at radius 3 is 2.26 bits per heavy atom. The fraction of sp³-hybridized carbons (Fsp3) is 0.867. The van der Waals surface area contributed by atoms with Crippen LogP contribution in [0.5, 0.6) is 0 Å². The summed E-state index contributed by atoms with van der Waals surface area (Å²) in [6, 6.07) is 0. The number of likely N-dealkylation sites (tertiary alicyclic amines) is 1. The number of piperidine rings is 1. The first-order valence-electron chi connectivity index (χ1n) is 8.20. The third-order valence-electron chi connectivity index (χ3n) is 4.68. The van der Waals surface area contributed by atoms with Crippen LogP contribution in [0.4, 0.5) is 0 Å². The molecule has 132 valence electrons. The molecule has 0 aromatic carbocycles. The second-order valence-electron chi connectivity index (χ2n) is 6.60. The minimum atomic E-state index is -2.94. The molecule has 0 aliphatic carbocycles. The van der Waals surface area contributed by atoms with Gasteiger partial charge in [0, 0.05) is 59.0 Å². The maximum atomic E-state index is 12.6. The lowest BCUT2D eigenvalue weighted by Crippen LogP contribution is -2.53. The van der Waals surface area contributed by atoms with Crippen molar-refractivity contribution in [1.29, 1.82) is 0 Å². The molecule has 0 spiro atoms. The van der Waals surface area contributed by atoms with Crippen molar-refractivity contribution in [2.24, 2.45) is 5.92 Å². The van der Waals surface area contributed by atoms with Gasteiger partial charge in [0.15, 0.2) is 0 Å². The summed E-state index contributed by atoms with van der Waals surface area (Å²) in [4.78, 5) is 29.8. The van der Waals surface area contributed by atoms with E-state index in [0.717, 1.165) is 19.4 Å². The molecule has 0 N–H and O–H groups in total. The molecular weight excluding hydrogens is 318 g/mol. The Balaban J connectivity index is 1.80. The minimum Gasteiger partial charge on any atom is -0.342 e. The van der Waals surface area contributed by atoms with Gasteiger partial charge in [-0.2, -0.15) is 0 Å². The van der Waals surface area contributed by atoms with Crippen molar-refractivity contribution in [3.63, 3.8) is 0 Å². The molecule has 0 bridgehead atoms. The summed E-state index contributed by atoms with van der Waals surface area (Å²) in [5.41, 5.74) is 0. The highest BCUT2D eigenvalue weighted by molar-refractivity contribution is 7.90. The van der Waals surface area contributed by atoms with Crippen LogP contribution in [0, 0.1) is 5.92 Å². The normalized spacial score (nSPS) is 23.8. The molecule has 2 aliphatic rings. The number of piperazine rings is 1. The van der Waals surface area contributed by atoms with E-state index in [1.807, 2.05) is 4.90 Å². The molecule has 0 unspecified atom stereocenters. The highest BCUT2D eigenvalue weighted by atomic mass is 32.2. The van der Waals surface area contributed by atoms with E-state index in [0.29, 0.717) is 39.3 Å². The average molecular weight is 345 g/mol. The summed E-state index contributed by atoms with van der Waals surface area (Å²) in [7, 11) is -2.94. The fourth-order valence-electron chi connectivity index (χ4n) is 3.21. The molecule has 7 nitrogen and oxygen atoms in total. The van der Waals surface area contributed by atoms with E-state index in [9.17, 15) is 18.0 Å². The van der Waals surface area contributed by atoms with Crippen molar-refractivity contribution >= 4 is 21.7 Å². The van der Waals surface area contributed by atoms with E-state index in [1.165, 1.54) is 6.26 Å². The Morgan fingerprint density at radius 2 is 1.70 bits per heavy atom. The highest BCUT2D eigenvalue weighted by Gasteiger charge is 2.31. The van der Waals surface area contributed by atoms with Gasteiger partial charge in [-0.15, -0.1) is 0 Å². The number of carbonyl (C=O) groups excluding carboxylic acids is 2. The van der Waals surface area contributed by atoms with Crippen LogP contribution in [0.15, 0.2) is 0 Å². The van der Waals surface area contributed by atoms with E-state index >= 15 is 0 Å². The second kappa shape index (κ2) is 7.61. The number of carbonyl (C=O) groups is 2. The monoisotopic (exact) mass is 345 g/mol. The molecule has 23 heavy (non-hydrogen) atoms. The van der Waals surface area contributed by atoms with Gasteiger partial charge in [0.1, 0.15) is 9.84 Å². The summed E-state index contributed by atoms with van der Waals surface area (Å²) in [6.45, 7) is 6.06. The molecule has 2 fully saturated rings. The van der Waals surface area contributed by atoms with Crippen molar-refractivity contribution in [3.8, 4) is 0 Å². The van der Waals surface area contributed by atoms with Gasteiger partial charge in [0.2, 0.25) is 11.8 Å². The lowest BCUT2D eigenvalue weighted by Gasteiger charge is -2.38. The van der Waals surface area contributed by atoms with Gasteiger partial charge < -0.3 is 9.80 Å². The number of rotatable bonds is 4. The lowest BCUT2D eigenvalue weighted by molar-refractivity contribution is -0.141. The molecule has 1 atom stereocenters. The Kier molecular flexibility index (Phi) is 6.02. The van der Waals surface area contributed by atoms with Crippen LogP contribution in [0.25, 0.3) is 0 Å². The number of sulfone groups is 1. The largest absolute Gasteiger partial charge is 0.342 e. The number of hydrogen-bond acceptors (Lipinski definition) is 5. The van der Waals surface area contributed by atoms with Crippen LogP contribution in [-0.4, -0.2) is 92.8 Å². The molecule has 0 aromatic heterocycles. The van der Waals surface area contributed by atoms with Crippen LogP contribution >= 0.6 is 0 Å². The van der Waals surface area contributed by atoms with E-state index in [-0.39, 0.29) is 23.5 Å². The molecule has 2 aliphatic heterocycles. The number of nitrogens with zero attached hydrogens (tertiary/aromatic N) is 3. The topological polar surface area (TPSA) is 78.0 Å². The minimum absolute atomic E-state index is 0.0353. The predicted molar refractivity (Wildman–Crippen MR) is 87.7 cm³/mol. The zero-order valence-corrected chi connectivity index (χ0v) is 14.8. The van der Waals surface area contributed by atoms with Gasteiger partial charge in [-0.05, 0) is 12.8 Å². The lowest BCUT2D eigenvalue weighted by atomic mass is 9.96. The quantitative estimate of drug-likeness (QED) is 0.682. The first-order valence-corrected chi connectivity index (χ1v) is 10.3. The summed E-state index contributed by atoms with van der Waals surface area (Å²) in [5, 5.41) is 0. The highest BCUT2D eigenvalue weighted by Crippen LogP contribution is 2.19. The van der Waals surface area contributed by atoms with Gasteiger partial charge in [-0.3, -0.25) is 14.5 Å². The van der Waals surface area contributed by atoms with E-state index in [2.05, 4.69) is 4.90 Å². The fourth-order valence-corrected chi connectivity index (χ4v) is 3.80. The Bertz CT molecular complexity index is 541. The summed E-state index contributed by atoms with van der Waals surface area (Å²) in [6.07, 6.45) is 2.97. The van der Waals surface area contributed by atoms with Crippen molar-refractivity contribution < 1.29 is 18.0 Å². The summed E-state index contributed by atoms with van der Waals surface area (Å²) >= 11 is 0. The molecule has 2 saturated heterocycles. The molecular formula is C15H27N3O4S. The van der Waals surface area contributed by atoms with Gasteiger partial charge in [0.25, 0.3) is 0 Å². The molecule has 2 amide bonds. The van der Waals surface area contributed by atoms with E-state index in [4.69, 9.17) is 0 Å². The van der Waals surface area contributed by atoms with Crippen LogP contribution < -0.4 is 0 Å². The van der Waals surface area contributed by atoms with Crippen molar-refractivity contribution in [3.05, 3.63) is 0 Å². The Labute approximate surface area is 138 Å². The second-order valence-corrected chi connectivity index (χ2v) is 8.86. The maximum absolute atomic E-state index is 12.6. The van der Waals surface area contributed by atoms with E-state index < -0.39 is 9.84 Å². The Hall–Kier alpha value is -1.15. The molecule has 0 aromatic rings. The average Bonchev–Trinajstić information content (AvgIpc) is 2.52. The number of hydrogen-bond donors (Lipinski definition) is 0. The van der Waals surface area contributed by atoms with Crippen molar-refractivity contribution in [1.82, 2.24) is 14.7 Å². The third kappa shape index (κ3) is 5.46. The van der Waals surface area contributed by atoms with Crippen LogP contribution in [0.3, 0.4) is 0 Å². The smallest absolute Gasteiger partial charge is 0.227 e. The van der Waals surface area contributed by atoms with Crippen LogP contribution in [0.2, 0.25) is 0 Å². The van der Waals surface area contributed by atoms with Gasteiger partial charge in [-0.25, -0.2) is 8.42 Å². The first-order chi connectivity index (χ1) is 10.8. The van der Waals surface area contributed by atoms with Crippen molar-refractivity contribution in [2.75, 3.05) is 57.8 Å². The zero-order chi connectivity index (χ0) is 17.0. The third-order valence-corrected chi connectivity index (χ3v) is 5.60. The number of amides is 2. The van der Waals surface area contributed by atoms with Gasteiger partial charge >= 0.3 is 0 Å². The van der Waals surface area contributed by atoms with Crippen LogP contribution in [0.1, 0.15) is 19.8 Å². The summed E-state index contributed by atoms with van der Waals surface area (Å²) < 4.78 is 22.4. The van der Waals surface area contributed by atoms with Crippen LogP contribution in [-0.2, 0) is 19.4 Å². The molecule has 0 radical (unpaired) electrons. The van der Waals surface area contributed by atoms with Gasteiger partial charge in [0.05, 0.1) is 11.7 Å². The van der Waals surface area contributed by atoms with Crippen molar-refractivity contribution in [2.45, 2.75) is 19.8 Å². The SMILES string of the molecule is CC(=O)N1CCC[C@@H](C(=O)N2CCN(CCS(C)(=O)=O)CC2)C1. The molecule has 0 saturated carbocycles. The standard InChI is InChI=1S/C15H27N3O4S/c1-13(19)18-5-3-4-14(12-18)15(20)17-8-6-16(7-9-17)10-11-23(2,21)22/h14H,3-12H2,1-2H3/t14-/m1/s1. The molecule has 2 rings (SSSR count). The summed E-state index contributed by atoms with van der Waals surface area (Å²) in [5.74, 6) is 0.249. The zero-order valence-electron chi connectivity index (χ0n) is 14.0. The Morgan fingerprint density at radius 1 is 1.04 bits per heavy atom. The predicted octanol–water partition coefficient (Wildman–Crippen LogP) is -0.566.